The van der Waals surface area contributed by atoms with E-state index in [1.54, 1.807) is 0 Å². The molecule has 22 heavy (non-hydrogen) atoms. The summed E-state index contributed by atoms with van der Waals surface area (Å²) in [6.45, 7) is 6.50. The molecular formula is C19H22O3. The number of benzene rings is 2. The largest absolute Gasteiger partial charge is 0.508 e. The van der Waals surface area contributed by atoms with Crippen molar-refractivity contribution in [1.29, 1.82) is 0 Å². The molecule has 3 nitrogen and oxygen atoms in total. The average Bonchev–Trinajstić information content (AvgIpc) is 2.44. The number of aryl methyl sites for hydroxylation is 1. The van der Waals surface area contributed by atoms with Crippen molar-refractivity contribution in [3.63, 3.8) is 0 Å². The molecule has 0 aliphatic carbocycles. The fourth-order valence-electron chi connectivity index (χ4n) is 2.32. The van der Waals surface area contributed by atoms with Crippen molar-refractivity contribution >= 4 is 5.78 Å². The van der Waals surface area contributed by atoms with E-state index < -0.39 is 0 Å². The number of phenols is 2. The molecule has 2 N–H and O–H groups in total. The normalized spacial score (nSPS) is 11.4. The van der Waals surface area contributed by atoms with Crippen LogP contribution < -0.4 is 0 Å². The molecule has 0 aliphatic rings. The highest BCUT2D eigenvalue weighted by atomic mass is 16.3. The van der Waals surface area contributed by atoms with Crippen LogP contribution in [0.2, 0.25) is 0 Å². The van der Waals surface area contributed by atoms with Gasteiger partial charge in [0.25, 0.3) is 0 Å². The van der Waals surface area contributed by atoms with E-state index in [-0.39, 0.29) is 28.3 Å². The zero-order chi connectivity index (χ0) is 16.3. The van der Waals surface area contributed by atoms with Gasteiger partial charge >= 0.3 is 0 Å². The number of phenolic OH excluding ortho intramolecular Hbond substituents is 2. The van der Waals surface area contributed by atoms with Gasteiger partial charge in [0, 0.05) is 12.5 Å². The first-order valence-corrected chi connectivity index (χ1v) is 7.42. The number of aromatic hydroxyl groups is 2. The third kappa shape index (κ3) is 3.88. The Morgan fingerprint density at radius 3 is 2.18 bits per heavy atom. The van der Waals surface area contributed by atoms with E-state index in [0.29, 0.717) is 12.8 Å². The van der Waals surface area contributed by atoms with Crippen molar-refractivity contribution in [2.75, 3.05) is 0 Å². The van der Waals surface area contributed by atoms with Crippen molar-refractivity contribution in [3.05, 3.63) is 59.2 Å². The molecule has 2 rings (SSSR count). The van der Waals surface area contributed by atoms with Crippen molar-refractivity contribution in [1.82, 2.24) is 0 Å². The van der Waals surface area contributed by atoms with Crippen LogP contribution in [0, 0.1) is 0 Å². The zero-order valence-corrected chi connectivity index (χ0v) is 13.3. The quantitative estimate of drug-likeness (QED) is 0.831. The lowest BCUT2D eigenvalue weighted by molar-refractivity contribution is 0.0980. The van der Waals surface area contributed by atoms with Crippen molar-refractivity contribution in [3.8, 4) is 11.5 Å². The molecule has 0 aliphatic heterocycles. The average molecular weight is 298 g/mol. The Labute approximate surface area is 131 Å². The van der Waals surface area contributed by atoms with Gasteiger partial charge < -0.3 is 10.2 Å². The van der Waals surface area contributed by atoms with Gasteiger partial charge in [-0.25, -0.2) is 0 Å². The SMILES string of the molecule is CC(C)(C)c1ccc(CCC(=O)c2ccc(O)cc2O)cc1. The molecule has 2 aromatic rings. The molecule has 0 spiro atoms. The number of ketones is 1. The lowest BCUT2D eigenvalue weighted by Crippen LogP contribution is -2.10. The molecule has 0 atom stereocenters. The van der Waals surface area contributed by atoms with E-state index in [9.17, 15) is 15.0 Å². The van der Waals surface area contributed by atoms with Crippen LogP contribution in [0.15, 0.2) is 42.5 Å². The first kappa shape index (κ1) is 16.1. The Morgan fingerprint density at radius 2 is 1.64 bits per heavy atom. The highest BCUT2D eigenvalue weighted by molar-refractivity contribution is 5.98. The number of Topliss-reactive ketones (excluding diaryl/α,β-unsaturated/α-hetero) is 1. The summed E-state index contributed by atoms with van der Waals surface area (Å²) in [6.07, 6.45) is 0.955. The summed E-state index contributed by atoms with van der Waals surface area (Å²) >= 11 is 0. The maximum Gasteiger partial charge on any atom is 0.166 e. The Balaban J connectivity index is 2.02. The van der Waals surface area contributed by atoms with E-state index in [1.165, 1.54) is 23.8 Å². The molecule has 0 unspecified atom stereocenters. The Morgan fingerprint density at radius 1 is 1.00 bits per heavy atom. The maximum atomic E-state index is 12.1. The molecule has 2 aromatic carbocycles. The summed E-state index contributed by atoms with van der Waals surface area (Å²) in [5.41, 5.74) is 2.73. The zero-order valence-electron chi connectivity index (χ0n) is 13.3. The number of rotatable bonds is 4. The van der Waals surface area contributed by atoms with Crippen LogP contribution in [-0.4, -0.2) is 16.0 Å². The van der Waals surface area contributed by atoms with E-state index in [1.807, 2.05) is 12.1 Å². The summed E-state index contributed by atoms with van der Waals surface area (Å²) in [5, 5.41) is 19.0. The predicted molar refractivity (Wildman–Crippen MR) is 87.6 cm³/mol. The third-order valence-corrected chi connectivity index (χ3v) is 3.74. The molecule has 0 saturated carbocycles. The van der Waals surface area contributed by atoms with Gasteiger partial charge in [0.1, 0.15) is 11.5 Å². The summed E-state index contributed by atoms with van der Waals surface area (Å²) in [6, 6.07) is 12.3. The summed E-state index contributed by atoms with van der Waals surface area (Å²) < 4.78 is 0. The minimum atomic E-state index is -0.173. The second-order valence-electron chi connectivity index (χ2n) is 6.57. The molecule has 0 amide bonds. The van der Waals surface area contributed by atoms with Crippen LogP contribution in [0.4, 0.5) is 0 Å². The summed E-state index contributed by atoms with van der Waals surface area (Å²) in [5.74, 6) is -0.350. The molecular weight excluding hydrogens is 276 g/mol. The van der Waals surface area contributed by atoms with Gasteiger partial charge in [-0.1, -0.05) is 45.0 Å². The van der Waals surface area contributed by atoms with Gasteiger partial charge in [-0.05, 0) is 35.1 Å². The Bertz CT molecular complexity index is 664. The molecule has 0 radical (unpaired) electrons. The van der Waals surface area contributed by atoms with Gasteiger partial charge in [0.2, 0.25) is 0 Å². The van der Waals surface area contributed by atoms with Gasteiger partial charge in [-0.3, -0.25) is 4.79 Å². The van der Waals surface area contributed by atoms with Crippen LogP contribution in [-0.2, 0) is 11.8 Å². The molecule has 0 bridgehead atoms. The minimum Gasteiger partial charge on any atom is -0.508 e. The lowest BCUT2D eigenvalue weighted by atomic mass is 9.86. The highest BCUT2D eigenvalue weighted by Crippen LogP contribution is 2.25. The topological polar surface area (TPSA) is 57.5 Å². The molecule has 0 fully saturated rings. The van der Waals surface area contributed by atoms with E-state index >= 15 is 0 Å². The highest BCUT2D eigenvalue weighted by Gasteiger charge is 2.14. The first-order valence-electron chi connectivity index (χ1n) is 7.42. The minimum absolute atomic E-state index is 0.0492. The van der Waals surface area contributed by atoms with Crippen molar-refractivity contribution < 1.29 is 15.0 Å². The first-order chi connectivity index (χ1) is 10.3. The van der Waals surface area contributed by atoms with Crippen molar-refractivity contribution in [2.45, 2.75) is 39.0 Å². The van der Waals surface area contributed by atoms with Crippen LogP contribution in [0.3, 0.4) is 0 Å². The van der Waals surface area contributed by atoms with Crippen molar-refractivity contribution in [2.24, 2.45) is 0 Å². The monoisotopic (exact) mass is 298 g/mol. The molecule has 116 valence electrons. The van der Waals surface area contributed by atoms with E-state index in [2.05, 4.69) is 32.9 Å². The van der Waals surface area contributed by atoms with Crippen LogP contribution >= 0.6 is 0 Å². The van der Waals surface area contributed by atoms with E-state index in [0.717, 1.165) is 5.56 Å². The van der Waals surface area contributed by atoms with Gasteiger partial charge in [-0.2, -0.15) is 0 Å². The predicted octanol–water partition coefficient (Wildman–Crippen LogP) is 4.21. The van der Waals surface area contributed by atoms with Gasteiger partial charge in [0.15, 0.2) is 5.78 Å². The number of carbonyl (C=O) groups excluding carboxylic acids is 1. The number of hydrogen-bond acceptors (Lipinski definition) is 3. The Hall–Kier alpha value is -2.29. The van der Waals surface area contributed by atoms with Crippen LogP contribution in [0.1, 0.15) is 48.7 Å². The second kappa shape index (κ2) is 6.22. The molecule has 0 heterocycles. The fourth-order valence-corrected chi connectivity index (χ4v) is 2.32. The van der Waals surface area contributed by atoms with Crippen LogP contribution in [0.5, 0.6) is 11.5 Å². The Kier molecular flexibility index (Phi) is 4.55. The molecule has 0 aromatic heterocycles. The summed E-state index contributed by atoms with van der Waals surface area (Å²) in [4.78, 5) is 12.1. The lowest BCUT2D eigenvalue weighted by Gasteiger charge is -2.19. The maximum absolute atomic E-state index is 12.1. The van der Waals surface area contributed by atoms with Crippen LogP contribution in [0.25, 0.3) is 0 Å². The fraction of sp³-hybridized carbons (Fsp3) is 0.316. The number of carbonyl (C=O) groups is 1. The smallest absolute Gasteiger partial charge is 0.166 e. The molecule has 0 saturated heterocycles. The van der Waals surface area contributed by atoms with Gasteiger partial charge in [0.05, 0.1) is 5.56 Å². The third-order valence-electron chi connectivity index (χ3n) is 3.74. The van der Waals surface area contributed by atoms with Gasteiger partial charge in [-0.15, -0.1) is 0 Å². The number of hydrogen-bond donors (Lipinski definition) is 2. The second-order valence-corrected chi connectivity index (χ2v) is 6.57. The standard InChI is InChI=1S/C19H22O3/c1-19(2,3)14-7-4-13(5-8-14)6-11-17(21)16-10-9-15(20)12-18(16)22/h4-5,7-10,12,20,22H,6,11H2,1-3H3. The van der Waals surface area contributed by atoms with E-state index in [4.69, 9.17) is 0 Å². The molecule has 3 heteroatoms. The summed E-state index contributed by atoms with van der Waals surface area (Å²) in [7, 11) is 0.